The van der Waals surface area contributed by atoms with Gasteiger partial charge in [0.05, 0.1) is 10.5 Å². The molecule has 2 aliphatic rings. The maximum absolute atomic E-state index is 13.7. The molecule has 2 fully saturated rings. The number of rotatable bonds is 3. The summed E-state index contributed by atoms with van der Waals surface area (Å²) in [4.78, 5) is 14.0. The van der Waals surface area contributed by atoms with Gasteiger partial charge < -0.3 is 10.2 Å². The van der Waals surface area contributed by atoms with E-state index in [1.54, 1.807) is 11.0 Å². The average molecular weight is 327 g/mol. The molecule has 3 nitrogen and oxygen atoms in total. The lowest BCUT2D eigenvalue weighted by molar-refractivity contribution is -0.118. The summed E-state index contributed by atoms with van der Waals surface area (Å²) in [5.41, 5.74) is 1.60. The molecule has 102 valence electrons. The molecule has 0 radical (unpaired) electrons. The molecule has 1 aromatic carbocycles. The number of amides is 1. The first-order valence-electron chi connectivity index (χ1n) is 6.59. The van der Waals surface area contributed by atoms with Crippen LogP contribution in [0.1, 0.15) is 24.8 Å². The molecular weight excluding hydrogens is 311 g/mol. The monoisotopic (exact) mass is 326 g/mol. The van der Waals surface area contributed by atoms with E-state index in [-0.39, 0.29) is 17.8 Å². The Balaban J connectivity index is 1.82. The maximum atomic E-state index is 13.7. The highest BCUT2D eigenvalue weighted by Gasteiger charge is 2.36. The van der Waals surface area contributed by atoms with Crippen LogP contribution in [0.2, 0.25) is 0 Å². The van der Waals surface area contributed by atoms with Gasteiger partial charge in [-0.05, 0) is 59.8 Å². The lowest BCUT2D eigenvalue weighted by Gasteiger charge is -2.20. The Bertz CT molecular complexity index is 530. The minimum absolute atomic E-state index is 0.0664. The largest absolute Gasteiger partial charge is 0.311 e. The minimum atomic E-state index is -0.327. The van der Waals surface area contributed by atoms with Crippen molar-refractivity contribution in [2.45, 2.75) is 38.3 Å². The first kappa shape index (κ1) is 13.1. The summed E-state index contributed by atoms with van der Waals surface area (Å²) in [5, 5.41) is 3.35. The van der Waals surface area contributed by atoms with Crippen LogP contribution in [-0.2, 0) is 4.79 Å². The molecule has 1 atom stereocenters. The zero-order chi connectivity index (χ0) is 13.6. The van der Waals surface area contributed by atoms with Gasteiger partial charge in [0.1, 0.15) is 5.82 Å². The molecule has 1 N–H and O–H groups in total. The number of aryl methyl sites for hydroxylation is 1. The summed E-state index contributed by atoms with van der Waals surface area (Å²) < 4.78 is 14.1. The third-order valence-electron chi connectivity index (χ3n) is 3.75. The lowest BCUT2D eigenvalue weighted by Crippen LogP contribution is -2.39. The molecule has 0 bridgehead atoms. The van der Waals surface area contributed by atoms with Gasteiger partial charge in [-0.15, -0.1) is 0 Å². The third-order valence-corrected chi connectivity index (χ3v) is 4.36. The highest BCUT2D eigenvalue weighted by molar-refractivity contribution is 9.10. The second-order valence-electron chi connectivity index (χ2n) is 5.32. The topological polar surface area (TPSA) is 32.3 Å². The van der Waals surface area contributed by atoms with Crippen molar-refractivity contribution in [2.24, 2.45) is 0 Å². The number of nitrogens with one attached hydrogen (secondary N) is 1. The number of benzene rings is 1. The summed E-state index contributed by atoms with van der Waals surface area (Å²) in [6.07, 6.45) is 3.12. The summed E-state index contributed by atoms with van der Waals surface area (Å²) >= 11 is 3.17. The van der Waals surface area contributed by atoms with Crippen LogP contribution in [0.5, 0.6) is 0 Å². The predicted molar refractivity (Wildman–Crippen MR) is 75.8 cm³/mol. The molecule has 1 heterocycles. The normalized spacial score (nSPS) is 23.2. The van der Waals surface area contributed by atoms with E-state index in [9.17, 15) is 9.18 Å². The van der Waals surface area contributed by atoms with Crippen LogP contribution in [0, 0.1) is 12.7 Å². The number of halogens is 2. The van der Waals surface area contributed by atoms with E-state index in [2.05, 4.69) is 21.2 Å². The van der Waals surface area contributed by atoms with Crippen LogP contribution in [0.25, 0.3) is 0 Å². The van der Waals surface area contributed by atoms with E-state index in [0.717, 1.165) is 24.8 Å². The molecule has 3 rings (SSSR count). The van der Waals surface area contributed by atoms with E-state index in [4.69, 9.17) is 0 Å². The fourth-order valence-corrected chi connectivity index (χ4v) is 2.99. The van der Waals surface area contributed by atoms with Crippen molar-refractivity contribution < 1.29 is 9.18 Å². The van der Waals surface area contributed by atoms with E-state index in [0.29, 0.717) is 22.7 Å². The molecule has 0 spiro atoms. The fourth-order valence-electron chi connectivity index (χ4n) is 2.53. The predicted octanol–water partition coefficient (Wildman–Crippen LogP) is 2.75. The Labute approximate surface area is 120 Å². The van der Waals surface area contributed by atoms with Crippen molar-refractivity contribution in [2.75, 3.05) is 11.4 Å². The highest BCUT2D eigenvalue weighted by atomic mass is 79.9. The fraction of sp³-hybridized carbons (Fsp3) is 0.500. The molecule has 1 amide bonds. The quantitative estimate of drug-likeness (QED) is 0.926. The molecule has 1 aliphatic carbocycles. The molecule has 1 unspecified atom stereocenters. The van der Waals surface area contributed by atoms with Crippen LogP contribution in [0.4, 0.5) is 10.1 Å². The molecule has 0 aromatic heterocycles. The van der Waals surface area contributed by atoms with Gasteiger partial charge in [0.25, 0.3) is 0 Å². The number of hydrogen-bond acceptors (Lipinski definition) is 2. The minimum Gasteiger partial charge on any atom is -0.311 e. The number of hydrogen-bond donors (Lipinski definition) is 1. The van der Waals surface area contributed by atoms with Crippen molar-refractivity contribution >= 4 is 27.5 Å². The molecule has 1 aliphatic heterocycles. The van der Waals surface area contributed by atoms with Crippen molar-refractivity contribution in [3.05, 3.63) is 28.0 Å². The van der Waals surface area contributed by atoms with Gasteiger partial charge in [0, 0.05) is 18.3 Å². The third kappa shape index (κ3) is 2.54. The van der Waals surface area contributed by atoms with Gasteiger partial charge in [-0.3, -0.25) is 4.79 Å². The summed E-state index contributed by atoms with van der Waals surface area (Å²) in [5.74, 6) is -0.260. The van der Waals surface area contributed by atoms with E-state index < -0.39 is 0 Å². The van der Waals surface area contributed by atoms with Crippen LogP contribution < -0.4 is 10.2 Å². The number of carbonyl (C=O) groups is 1. The smallest absolute Gasteiger partial charge is 0.244 e. The van der Waals surface area contributed by atoms with Crippen LogP contribution in [0.15, 0.2) is 16.6 Å². The maximum Gasteiger partial charge on any atom is 0.244 e. The zero-order valence-corrected chi connectivity index (χ0v) is 12.3. The lowest BCUT2D eigenvalue weighted by atomic mass is 10.2. The second-order valence-corrected chi connectivity index (χ2v) is 6.18. The van der Waals surface area contributed by atoms with E-state index >= 15 is 0 Å². The molecule has 1 aromatic rings. The van der Waals surface area contributed by atoms with Gasteiger partial charge in [-0.25, -0.2) is 4.39 Å². The molecule has 5 heteroatoms. The van der Waals surface area contributed by atoms with Crippen molar-refractivity contribution in [3.8, 4) is 0 Å². The van der Waals surface area contributed by atoms with Crippen LogP contribution in [0.3, 0.4) is 0 Å². The Morgan fingerprint density at radius 2 is 2.11 bits per heavy atom. The zero-order valence-electron chi connectivity index (χ0n) is 10.7. The number of carbonyl (C=O) groups excluding carboxylic acids is 1. The summed E-state index contributed by atoms with van der Waals surface area (Å²) in [7, 11) is 0. The summed E-state index contributed by atoms with van der Waals surface area (Å²) in [6, 6.07) is 3.58. The van der Waals surface area contributed by atoms with Crippen molar-refractivity contribution in [1.29, 1.82) is 0 Å². The van der Waals surface area contributed by atoms with Crippen molar-refractivity contribution in [3.63, 3.8) is 0 Å². The average Bonchev–Trinajstić information content (AvgIpc) is 3.10. The van der Waals surface area contributed by atoms with Gasteiger partial charge in [-0.1, -0.05) is 0 Å². The van der Waals surface area contributed by atoms with E-state index in [1.807, 2.05) is 6.92 Å². The molecule has 1 saturated carbocycles. The van der Waals surface area contributed by atoms with Gasteiger partial charge in [0.2, 0.25) is 5.91 Å². The Hall–Kier alpha value is -0.940. The Kier molecular flexibility index (Phi) is 3.35. The Morgan fingerprint density at radius 3 is 2.79 bits per heavy atom. The summed E-state index contributed by atoms with van der Waals surface area (Å²) in [6.45, 7) is 2.56. The second kappa shape index (κ2) is 4.87. The first-order chi connectivity index (χ1) is 9.06. The number of anilines is 1. The van der Waals surface area contributed by atoms with E-state index in [1.165, 1.54) is 6.07 Å². The van der Waals surface area contributed by atoms with Gasteiger partial charge in [0.15, 0.2) is 0 Å². The molecule has 19 heavy (non-hydrogen) atoms. The number of nitrogens with zero attached hydrogens (tertiary/aromatic N) is 1. The standard InChI is InChI=1S/C14H16BrFN2O/c1-8-6-10(15)11(16)7-13(8)18-5-4-12(14(18)19)17-9-2-3-9/h6-7,9,12,17H,2-5H2,1H3. The molecular formula is C14H16BrFN2O. The highest BCUT2D eigenvalue weighted by Crippen LogP contribution is 2.31. The molecule has 1 saturated heterocycles. The first-order valence-corrected chi connectivity index (χ1v) is 7.38. The van der Waals surface area contributed by atoms with Gasteiger partial charge >= 0.3 is 0 Å². The van der Waals surface area contributed by atoms with Crippen LogP contribution in [-0.4, -0.2) is 24.5 Å². The van der Waals surface area contributed by atoms with Crippen molar-refractivity contribution in [1.82, 2.24) is 5.32 Å². The SMILES string of the molecule is Cc1cc(Br)c(F)cc1N1CCC(NC2CC2)C1=O. The van der Waals surface area contributed by atoms with Gasteiger partial charge in [-0.2, -0.15) is 0 Å². The van der Waals surface area contributed by atoms with Crippen LogP contribution >= 0.6 is 15.9 Å². The Morgan fingerprint density at radius 1 is 1.37 bits per heavy atom.